The van der Waals surface area contributed by atoms with E-state index in [-0.39, 0.29) is 6.54 Å². The third-order valence-electron chi connectivity index (χ3n) is 3.28. The Kier molecular flexibility index (Phi) is 5.45. The second kappa shape index (κ2) is 6.38. The van der Waals surface area contributed by atoms with Gasteiger partial charge in [-0.1, -0.05) is 32.1 Å². The molecule has 84 valence electrons. The molecule has 1 rings (SSSR count). The summed E-state index contributed by atoms with van der Waals surface area (Å²) < 4.78 is 0. The van der Waals surface area contributed by atoms with Gasteiger partial charge in [-0.2, -0.15) is 0 Å². The topological polar surface area (TPSA) is 66.5 Å². The Balaban J connectivity index is 2.12. The molecule has 1 saturated carbocycles. The van der Waals surface area contributed by atoms with Gasteiger partial charge in [0.1, 0.15) is 0 Å². The highest BCUT2D eigenvalue weighted by molar-refractivity contribution is 4.72. The summed E-state index contributed by atoms with van der Waals surface area (Å²) in [6, 6.07) is 0. The highest BCUT2D eigenvalue weighted by atomic mass is 16.3. The first-order chi connectivity index (χ1) is 6.74. The van der Waals surface area contributed by atoms with Gasteiger partial charge in [-0.15, -0.1) is 0 Å². The van der Waals surface area contributed by atoms with E-state index in [1.165, 1.54) is 32.1 Å². The normalized spacial score (nSPS) is 23.4. The minimum absolute atomic E-state index is 0.159. The molecule has 0 spiro atoms. The molecular formula is C11H23NO2. The van der Waals surface area contributed by atoms with Crippen molar-refractivity contribution in [2.24, 2.45) is 11.7 Å². The van der Waals surface area contributed by atoms with E-state index in [1.807, 2.05) is 0 Å². The smallest absolute Gasteiger partial charge is 0.0920 e. The maximum Gasteiger partial charge on any atom is 0.0920 e. The molecule has 1 aliphatic carbocycles. The average molecular weight is 201 g/mol. The molecule has 0 aromatic heterocycles. The van der Waals surface area contributed by atoms with Crippen LogP contribution in [0.3, 0.4) is 0 Å². The molecule has 14 heavy (non-hydrogen) atoms. The van der Waals surface area contributed by atoms with Gasteiger partial charge in [0.25, 0.3) is 0 Å². The van der Waals surface area contributed by atoms with Crippen molar-refractivity contribution < 1.29 is 10.2 Å². The van der Waals surface area contributed by atoms with E-state index < -0.39 is 12.2 Å². The van der Waals surface area contributed by atoms with E-state index in [4.69, 9.17) is 5.73 Å². The van der Waals surface area contributed by atoms with Gasteiger partial charge in [-0.25, -0.2) is 0 Å². The molecule has 0 saturated heterocycles. The largest absolute Gasteiger partial charge is 0.390 e. The van der Waals surface area contributed by atoms with Gasteiger partial charge in [0.05, 0.1) is 12.2 Å². The van der Waals surface area contributed by atoms with Gasteiger partial charge in [-0.3, -0.25) is 0 Å². The van der Waals surface area contributed by atoms with Gasteiger partial charge in [0.2, 0.25) is 0 Å². The van der Waals surface area contributed by atoms with Gasteiger partial charge < -0.3 is 15.9 Å². The third-order valence-corrected chi connectivity index (χ3v) is 3.28. The monoisotopic (exact) mass is 201 g/mol. The first-order valence-electron chi connectivity index (χ1n) is 5.80. The van der Waals surface area contributed by atoms with Crippen molar-refractivity contribution in [2.45, 2.75) is 57.2 Å². The number of aliphatic hydroxyl groups is 2. The maximum absolute atomic E-state index is 9.52. The summed E-state index contributed by atoms with van der Waals surface area (Å²) in [5.41, 5.74) is 5.27. The fourth-order valence-corrected chi connectivity index (χ4v) is 2.23. The van der Waals surface area contributed by atoms with Gasteiger partial charge in [0, 0.05) is 6.54 Å². The van der Waals surface area contributed by atoms with E-state index in [9.17, 15) is 10.2 Å². The molecule has 3 nitrogen and oxygen atoms in total. The Morgan fingerprint density at radius 1 is 1.07 bits per heavy atom. The molecule has 2 atom stereocenters. The molecule has 0 aromatic carbocycles. The van der Waals surface area contributed by atoms with Gasteiger partial charge in [-0.05, 0) is 18.8 Å². The molecule has 2 unspecified atom stereocenters. The Bertz CT molecular complexity index is 144. The highest BCUT2D eigenvalue weighted by Crippen LogP contribution is 2.27. The van der Waals surface area contributed by atoms with Crippen molar-refractivity contribution in [3.05, 3.63) is 0 Å². The van der Waals surface area contributed by atoms with Crippen LogP contribution in [0.2, 0.25) is 0 Å². The molecule has 1 fully saturated rings. The molecule has 3 heteroatoms. The van der Waals surface area contributed by atoms with Crippen molar-refractivity contribution in [3.8, 4) is 0 Å². The van der Waals surface area contributed by atoms with Crippen LogP contribution < -0.4 is 5.73 Å². The molecule has 0 aliphatic heterocycles. The molecular weight excluding hydrogens is 178 g/mol. The van der Waals surface area contributed by atoms with Crippen LogP contribution in [0, 0.1) is 5.92 Å². The summed E-state index contributed by atoms with van der Waals surface area (Å²) in [5, 5.41) is 18.8. The quantitative estimate of drug-likeness (QED) is 0.622. The maximum atomic E-state index is 9.52. The predicted molar refractivity (Wildman–Crippen MR) is 56.9 cm³/mol. The Hall–Kier alpha value is -0.120. The molecule has 1 aliphatic rings. The molecule has 0 radical (unpaired) electrons. The van der Waals surface area contributed by atoms with Crippen LogP contribution in [-0.2, 0) is 0 Å². The first-order valence-corrected chi connectivity index (χ1v) is 5.80. The zero-order valence-electron chi connectivity index (χ0n) is 8.86. The summed E-state index contributed by atoms with van der Waals surface area (Å²) in [4.78, 5) is 0. The fourth-order valence-electron chi connectivity index (χ4n) is 2.23. The lowest BCUT2D eigenvalue weighted by Gasteiger charge is -2.23. The minimum Gasteiger partial charge on any atom is -0.390 e. The van der Waals surface area contributed by atoms with Crippen molar-refractivity contribution in [3.63, 3.8) is 0 Å². The summed E-state index contributed by atoms with van der Waals surface area (Å²) >= 11 is 0. The number of hydrogen-bond acceptors (Lipinski definition) is 3. The Labute approximate surface area is 86.3 Å². The second-order valence-corrected chi connectivity index (χ2v) is 4.45. The number of aliphatic hydroxyl groups excluding tert-OH is 2. The van der Waals surface area contributed by atoms with Crippen LogP contribution >= 0.6 is 0 Å². The summed E-state index contributed by atoms with van der Waals surface area (Å²) in [6.45, 7) is 0.159. The van der Waals surface area contributed by atoms with Crippen LogP contribution in [0.5, 0.6) is 0 Å². The molecule has 4 N–H and O–H groups in total. The van der Waals surface area contributed by atoms with E-state index in [0.29, 0.717) is 6.42 Å². The van der Waals surface area contributed by atoms with Crippen molar-refractivity contribution in [2.75, 3.05) is 6.54 Å². The van der Waals surface area contributed by atoms with Crippen LogP contribution in [0.15, 0.2) is 0 Å². The van der Waals surface area contributed by atoms with Crippen LogP contribution in [-0.4, -0.2) is 29.0 Å². The van der Waals surface area contributed by atoms with E-state index in [1.54, 1.807) is 0 Å². The van der Waals surface area contributed by atoms with Crippen LogP contribution in [0.1, 0.15) is 44.9 Å². The summed E-state index contributed by atoms with van der Waals surface area (Å²) in [6.07, 6.45) is 7.00. The lowest BCUT2D eigenvalue weighted by molar-refractivity contribution is 0.0157. The summed E-state index contributed by atoms with van der Waals surface area (Å²) in [7, 11) is 0. The minimum atomic E-state index is -0.737. The average Bonchev–Trinajstić information content (AvgIpc) is 2.26. The van der Waals surface area contributed by atoms with Crippen LogP contribution in [0.4, 0.5) is 0 Å². The second-order valence-electron chi connectivity index (χ2n) is 4.45. The molecule has 0 amide bonds. The van der Waals surface area contributed by atoms with Gasteiger partial charge in [0.15, 0.2) is 0 Å². The third kappa shape index (κ3) is 3.95. The first kappa shape index (κ1) is 12.0. The van der Waals surface area contributed by atoms with E-state index in [2.05, 4.69) is 0 Å². The predicted octanol–water partition coefficient (Wildman–Crippen LogP) is 1.03. The molecule has 0 bridgehead atoms. The Morgan fingerprint density at radius 2 is 1.71 bits per heavy atom. The zero-order valence-corrected chi connectivity index (χ0v) is 8.86. The van der Waals surface area contributed by atoms with E-state index in [0.717, 1.165) is 12.3 Å². The van der Waals surface area contributed by atoms with Crippen molar-refractivity contribution in [1.82, 2.24) is 0 Å². The van der Waals surface area contributed by atoms with Crippen molar-refractivity contribution in [1.29, 1.82) is 0 Å². The van der Waals surface area contributed by atoms with Crippen molar-refractivity contribution >= 4 is 0 Å². The fraction of sp³-hybridized carbons (Fsp3) is 1.00. The molecule has 0 heterocycles. The lowest BCUT2D eigenvalue weighted by Crippen LogP contribution is -2.33. The zero-order chi connectivity index (χ0) is 10.4. The highest BCUT2D eigenvalue weighted by Gasteiger charge is 2.18. The number of hydrogen-bond donors (Lipinski definition) is 3. The number of nitrogens with two attached hydrogens (primary N) is 1. The number of rotatable bonds is 5. The SMILES string of the molecule is NCC(O)C(O)CCC1CCCCC1. The van der Waals surface area contributed by atoms with Crippen LogP contribution in [0.25, 0.3) is 0 Å². The Morgan fingerprint density at radius 3 is 2.29 bits per heavy atom. The lowest BCUT2D eigenvalue weighted by atomic mass is 9.85. The van der Waals surface area contributed by atoms with E-state index >= 15 is 0 Å². The van der Waals surface area contributed by atoms with Gasteiger partial charge >= 0.3 is 0 Å². The summed E-state index contributed by atoms with van der Waals surface area (Å²) in [5.74, 6) is 0.767. The standard InChI is InChI=1S/C11H23NO2/c12-8-11(14)10(13)7-6-9-4-2-1-3-5-9/h9-11,13-14H,1-8,12H2. The molecule has 0 aromatic rings.